The van der Waals surface area contributed by atoms with Crippen LogP contribution in [0.2, 0.25) is 0 Å². The van der Waals surface area contributed by atoms with Crippen LogP contribution in [0.3, 0.4) is 0 Å². The van der Waals surface area contributed by atoms with Crippen LogP contribution in [-0.4, -0.2) is 30.2 Å². The Morgan fingerprint density at radius 1 is 0.262 bits per heavy atom. The molecule has 4 heteroatoms. The van der Waals surface area contributed by atoms with E-state index in [1.807, 2.05) is 0 Å². The molecule has 12 rings (SSSR count). The zero-order valence-electron chi connectivity index (χ0n) is 74.2. The van der Waals surface area contributed by atoms with E-state index >= 15 is 0 Å². The number of hydrogen-bond acceptors (Lipinski definition) is 0. The first kappa shape index (κ1) is 15.9. The van der Waals surface area contributed by atoms with Crippen LogP contribution in [0.25, 0.3) is 44.5 Å². The number of fused-ring (bicyclic) bond motifs is 10. The summed E-state index contributed by atoms with van der Waals surface area (Å²) in [5.41, 5.74) is -25.1. The van der Waals surface area contributed by atoms with Crippen LogP contribution in [0.5, 0.6) is 0 Å². The molecule has 0 radical (unpaired) electrons. The topological polar surface area (TPSA) is 0 Å². The second-order valence-corrected chi connectivity index (χ2v) is 25.8. The van der Waals surface area contributed by atoms with Gasteiger partial charge in [-0.1, -0.05) is 12.1 Å². The molecule has 0 saturated carbocycles. The summed E-state index contributed by atoms with van der Waals surface area (Å²) in [6.07, 6.45) is 0. The van der Waals surface area contributed by atoms with Crippen molar-refractivity contribution in [3.8, 4) is 44.5 Å². The van der Waals surface area contributed by atoms with Crippen LogP contribution in [0.4, 0.5) is 0 Å². The van der Waals surface area contributed by atoms with Gasteiger partial charge in [-0.25, -0.2) is 0 Å². The summed E-state index contributed by atoms with van der Waals surface area (Å²) in [5, 5.41) is -5.60. The van der Waals surface area contributed by atoms with Crippen LogP contribution in [-0.2, 0) is 5.41 Å². The van der Waals surface area contributed by atoms with E-state index in [-0.39, 0.29) is 0 Å². The van der Waals surface area contributed by atoms with E-state index in [1.54, 1.807) is 0 Å². The standard InChI is InChI=1S/C61H42P2Se2/c64-62(47-17-5-1-6-18-47,48-19-7-2-8-20-48)51-35-29-43(30-36-51)45-33-39-55-56-40-34-46(42-60(56)61(59(55)41-45)57-27-15-13-25-53(57)54-26-14-16-28-58(54)61)44-31-37-52(38-32-44)63(65,49-21-9-3-10-22-49)50-23-11-4-12-24-50/h1-42H/i1D,2D,3D,4D,5D,6D,7D,8D,9D,10D,11D,12D,13D,14D,15D,16D,17D,18D,19D,20D,21D,22D,23D,24D,25D,26D,27D,28D,29D,30D,31D,32D,33D,34D,35D,36D,37D,38D,39D,40D,41D,42D. The van der Waals surface area contributed by atoms with Crippen LogP contribution >= 0.6 is 11.0 Å². The van der Waals surface area contributed by atoms with E-state index in [2.05, 4.69) is 30.2 Å². The average Bonchev–Trinajstić information content (AvgIpc) is 1.48. The molecule has 10 aromatic carbocycles. The SMILES string of the molecule is [2H]c1c([2H])c([2H])c(P(=[Se])(c2c([2H])c([2H])c([2H])c([2H])c2[2H])c2c([2H])c([2H])c(-c3c([2H])c([2H])c4c(c3[2H])C3(c5c([2H])c([2H])c([2H])c([2H])c5-c5c([2H])c([2H])c([2H])c([2H])c53)c3c([2H])c(-c5c([2H])c([2H])c(P(=[Se])(c6c([2H])c([2H])c([2H])c([2H])c6[2H])c6c([2H])c([2H])c([2H])c([2H])c6[2H])c([2H])c5[2H])c([2H])c([2H])c3-4)c([2H])c2[2H])c([2H])c1[2H]. The molecule has 10 aromatic rings. The van der Waals surface area contributed by atoms with Crippen molar-refractivity contribution in [2.75, 3.05) is 0 Å². The molecule has 0 atom stereocenters. The van der Waals surface area contributed by atoms with E-state index in [1.165, 1.54) is 0 Å². The van der Waals surface area contributed by atoms with Gasteiger partial charge in [0.2, 0.25) is 0 Å². The summed E-state index contributed by atoms with van der Waals surface area (Å²) in [4.78, 5) is 0. The van der Waals surface area contributed by atoms with Crippen LogP contribution < -0.4 is 31.8 Å². The van der Waals surface area contributed by atoms with Crippen molar-refractivity contribution in [3.05, 3.63) is 276 Å². The Balaban J connectivity index is 1.27. The van der Waals surface area contributed by atoms with E-state index in [0.717, 1.165) is 0 Å². The molecular weight excluding hydrogens is 953 g/mol. The van der Waals surface area contributed by atoms with Crippen molar-refractivity contribution in [2.45, 2.75) is 5.41 Å². The first-order chi connectivity index (χ1) is 49.5. The molecule has 0 nitrogen and oxygen atoms in total. The van der Waals surface area contributed by atoms with Gasteiger partial charge in [0.15, 0.2) is 0 Å². The Kier molecular flexibility index (Phi) is 3.96. The summed E-state index contributed by atoms with van der Waals surface area (Å²) in [7, 11) is 0. The van der Waals surface area contributed by atoms with Crippen molar-refractivity contribution in [1.82, 2.24) is 0 Å². The monoisotopic (exact) mass is 1040 g/mol. The predicted molar refractivity (Wildman–Crippen MR) is 283 cm³/mol. The van der Waals surface area contributed by atoms with E-state index in [0.29, 0.717) is 0 Å². The third-order valence-corrected chi connectivity index (χ3v) is 22.6. The van der Waals surface area contributed by atoms with Crippen molar-refractivity contribution in [3.63, 3.8) is 0 Å². The molecule has 65 heavy (non-hydrogen) atoms. The number of rotatable bonds is 8. The van der Waals surface area contributed by atoms with Gasteiger partial charge in [-0.3, -0.25) is 0 Å². The van der Waals surface area contributed by atoms with Gasteiger partial charge in [0.25, 0.3) is 0 Å². The van der Waals surface area contributed by atoms with Gasteiger partial charge in [-0.15, -0.1) is 0 Å². The summed E-state index contributed by atoms with van der Waals surface area (Å²) in [6.45, 7) is 0. The van der Waals surface area contributed by atoms with Crippen molar-refractivity contribution in [1.29, 1.82) is 0 Å². The first-order valence-corrected chi connectivity index (χ1v) is 26.7. The van der Waals surface area contributed by atoms with Gasteiger partial charge in [-0.05, 0) is 0 Å². The molecule has 0 unspecified atom stereocenters. The molecule has 2 aliphatic rings. The molecule has 0 heterocycles. The minimum atomic E-state index is -4.99. The summed E-state index contributed by atoms with van der Waals surface area (Å²) in [6, 6.07) is -48.7. The van der Waals surface area contributed by atoms with Gasteiger partial charge >= 0.3 is 436 Å². The van der Waals surface area contributed by atoms with Gasteiger partial charge in [0.05, 0.1) is 8.22 Å². The van der Waals surface area contributed by atoms with E-state index < -0.39 is 369 Å². The molecule has 0 N–H and O–H groups in total. The fourth-order valence-corrected chi connectivity index (χ4v) is 15.1. The van der Waals surface area contributed by atoms with Gasteiger partial charge in [0, 0.05) is 0 Å². The van der Waals surface area contributed by atoms with Crippen molar-refractivity contribution >= 4 is 73.0 Å². The zero-order valence-corrected chi connectivity index (χ0v) is 37.4. The average molecular weight is 1040 g/mol. The zero-order chi connectivity index (χ0) is 80.1. The molecular formula is C61H42P2Se2. The fourth-order valence-electron chi connectivity index (χ4n) is 7.76. The predicted octanol–water partition coefficient (Wildman–Crippen LogP) is 12.1. The Labute approximate surface area is 456 Å². The van der Waals surface area contributed by atoms with E-state index in [4.69, 9.17) is 30.2 Å². The fraction of sp³-hybridized carbons (Fsp3) is 0.0164. The summed E-state index contributed by atoms with van der Waals surface area (Å²) < 4.78 is 392. The quantitative estimate of drug-likeness (QED) is 0.105. The van der Waals surface area contributed by atoms with Crippen LogP contribution in [0.15, 0.2) is 254 Å². The maximum absolute atomic E-state index is 10.6. The molecule has 2 aliphatic carbocycles. The minimum absolute atomic E-state index is 0.802. The van der Waals surface area contributed by atoms with Crippen molar-refractivity contribution in [2.24, 2.45) is 0 Å². The maximum atomic E-state index is 10.6. The Hall–Kier alpha value is -5.90. The molecule has 0 aromatic heterocycles. The Bertz CT molecular complexity index is 5380. The second kappa shape index (κ2) is 16.2. The van der Waals surface area contributed by atoms with E-state index in [9.17, 15) is 27.4 Å². The third-order valence-electron chi connectivity index (χ3n) is 10.6. The number of benzene rings is 10. The van der Waals surface area contributed by atoms with Crippen LogP contribution in [0.1, 0.15) is 79.8 Å². The molecule has 0 saturated heterocycles. The van der Waals surface area contributed by atoms with Gasteiger partial charge in [-0.2, -0.15) is 0 Å². The molecule has 0 bridgehead atoms. The third kappa shape index (κ3) is 6.32. The van der Waals surface area contributed by atoms with Gasteiger partial charge in [0.1, 0.15) is 0 Å². The molecule has 1 spiro atoms. The molecule has 0 fully saturated rings. The Morgan fingerprint density at radius 3 is 0.862 bits per heavy atom. The second-order valence-electron chi connectivity index (χ2n) is 13.8. The molecule has 0 amide bonds. The first-order valence-electron chi connectivity index (χ1n) is 39.7. The normalized spacial score (nSPS) is 22.2. The Morgan fingerprint density at radius 2 is 0.523 bits per heavy atom. The molecule has 308 valence electrons. The summed E-state index contributed by atoms with van der Waals surface area (Å²) >= 11 is 5.16. The van der Waals surface area contributed by atoms with Crippen molar-refractivity contribution < 1.29 is 57.6 Å². The number of hydrogen-bond donors (Lipinski definition) is 0. The van der Waals surface area contributed by atoms with Crippen LogP contribution in [0, 0.1) is 0 Å². The summed E-state index contributed by atoms with van der Waals surface area (Å²) in [5.74, 6) is 0. The molecule has 0 aliphatic heterocycles. The van der Waals surface area contributed by atoms with Gasteiger partial charge < -0.3 is 0 Å².